The topological polar surface area (TPSA) is 118 Å². The maximum atomic E-state index is 11.5. The lowest BCUT2D eigenvalue weighted by Gasteiger charge is -2.30. The third-order valence-corrected chi connectivity index (χ3v) is 4.75. The fourth-order valence-corrected chi connectivity index (χ4v) is 3.62. The number of hydrogen-bond acceptors (Lipinski definition) is 5. The quantitative estimate of drug-likeness (QED) is 0.757. The Kier molecular flexibility index (Phi) is 5.07. The van der Waals surface area contributed by atoms with Crippen LogP contribution in [0.4, 0.5) is 16.3 Å². The zero-order valence-corrected chi connectivity index (χ0v) is 14.8. The highest BCUT2D eigenvalue weighted by Crippen LogP contribution is 2.37. The van der Waals surface area contributed by atoms with Gasteiger partial charge in [0.05, 0.1) is 17.4 Å². The third-order valence-electron chi connectivity index (χ3n) is 4.75. The number of nitrogens with zero attached hydrogens (tertiary/aromatic N) is 4. The highest BCUT2D eigenvalue weighted by molar-refractivity contribution is 5.66. The molecule has 8 heteroatoms. The van der Waals surface area contributed by atoms with Crippen LogP contribution >= 0.6 is 0 Å². The van der Waals surface area contributed by atoms with Crippen LogP contribution in [0.25, 0.3) is 0 Å². The molecule has 1 saturated carbocycles. The van der Waals surface area contributed by atoms with E-state index in [0.29, 0.717) is 17.1 Å². The van der Waals surface area contributed by atoms with Crippen LogP contribution in [0.1, 0.15) is 50.3 Å². The van der Waals surface area contributed by atoms with Gasteiger partial charge in [0.2, 0.25) is 0 Å². The van der Waals surface area contributed by atoms with Gasteiger partial charge in [-0.15, -0.1) is 0 Å². The highest BCUT2D eigenvalue weighted by Gasteiger charge is 2.34. The molecular formula is C18H22N6O2. The number of carbonyl (C=O) groups is 1. The first kappa shape index (κ1) is 17.7. The molecule has 8 nitrogen and oxygen atoms in total. The molecule has 1 aliphatic carbocycles. The van der Waals surface area contributed by atoms with Crippen molar-refractivity contribution in [2.24, 2.45) is 0 Å². The summed E-state index contributed by atoms with van der Waals surface area (Å²) < 4.78 is 0. The van der Waals surface area contributed by atoms with Gasteiger partial charge in [-0.05, 0) is 39.2 Å². The van der Waals surface area contributed by atoms with E-state index >= 15 is 0 Å². The smallest absolute Gasteiger partial charge is 0.407 e. The molecule has 2 aromatic heterocycles. The van der Waals surface area contributed by atoms with Gasteiger partial charge in [0, 0.05) is 36.0 Å². The Morgan fingerprint density at radius 1 is 1.42 bits per heavy atom. The Hall–Kier alpha value is -3.08. The van der Waals surface area contributed by atoms with Crippen LogP contribution in [-0.4, -0.2) is 43.4 Å². The number of rotatable bonds is 5. The number of hydrogen-bond donors (Lipinski definition) is 3. The molecule has 1 aliphatic rings. The minimum atomic E-state index is -0.859. The lowest BCUT2D eigenvalue weighted by Crippen LogP contribution is -2.42. The van der Waals surface area contributed by atoms with Crippen LogP contribution in [0.15, 0.2) is 24.5 Å². The molecule has 26 heavy (non-hydrogen) atoms. The highest BCUT2D eigenvalue weighted by atomic mass is 16.4. The summed E-state index contributed by atoms with van der Waals surface area (Å²) in [5, 5.41) is 28.8. The Morgan fingerprint density at radius 3 is 2.92 bits per heavy atom. The van der Waals surface area contributed by atoms with Crippen LogP contribution in [0.3, 0.4) is 0 Å². The van der Waals surface area contributed by atoms with Gasteiger partial charge in [-0.3, -0.25) is 10.1 Å². The zero-order valence-electron chi connectivity index (χ0n) is 14.8. The summed E-state index contributed by atoms with van der Waals surface area (Å²) in [6.07, 6.45) is 4.84. The van der Waals surface area contributed by atoms with Gasteiger partial charge in [-0.1, -0.05) is 0 Å². The first-order valence-corrected chi connectivity index (χ1v) is 8.66. The van der Waals surface area contributed by atoms with Crippen LogP contribution in [-0.2, 0) is 0 Å². The number of amides is 1. The van der Waals surface area contributed by atoms with Gasteiger partial charge in [0.15, 0.2) is 5.82 Å². The summed E-state index contributed by atoms with van der Waals surface area (Å²) in [4.78, 5) is 17.1. The van der Waals surface area contributed by atoms with E-state index in [2.05, 4.69) is 26.6 Å². The number of carboxylic acid groups (broad SMARTS) is 1. The monoisotopic (exact) mass is 354 g/mol. The molecule has 2 heterocycles. The van der Waals surface area contributed by atoms with Crippen LogP contribution in [0, 0.1) is 11.3 Å². The summed E-state index contributed by atoms with van der Waals surface area (Å²) in [5.74, 6) is 0.909. The van der Waals surface area contributed by atoms with Crippen molar-refractivity contribution in [2.75, 3.05) is 5.32 Å². The molecule has 3 rings (SSSR count). The molecule has 0 aromatic carbocycles. The van der Waals surface area contributed by atoms with Crippen molar-refractivity contribution < 1.29 is 9.90 Å². The van der Waals surface area contributed by atoms with Gasteiger partial charge in [-0.2, -0.15) is 10.4 Å². The molecular weight excluding hydrogens is 332 g/mol. The fraction of sp³-hybridized carbons (Fsp3) is 0.444. The predicted molar refractivity (Wildman–Crippen MR) is 96.2 cm³/mol. The summed E-state index contributed by atoms with van der Waals surface area (Å²) in [7, 11) is 0. The lowest BCUT2D eigenvalue weighted by atomic mass is 10.0. The van der Waals surface area contributed by atoms with E-state index in [1.54, 1.807) is 17.2 Å². The van der Waals surface area contributed by atoms with Crippen molar-refractivity contribution in [3.63, 3.8) is 0 Å². The third kappa shape index (κ3) is 3.77. The van der Waals surface area contributed by atoms with E-state index in [9.17, 15) is 9.90 Å². The van der Waals surface area contributed by atoms with E-state index < -0.39 is 6.09 Å². The lowest BCUT2D eigenvalue weighted by molar-refractivity contribution is 0.108. The summed E-state index contributed by atoms with van der Waals surface area (Å²) in [5.41, 5.74) is 2.17. The summed E-state index contributed by atoms with van der Waals surface area (Å²) >= 11 is 0. The molecule has 2 atom stereocenters. The Labute approximate surface area is 151 Å². The number of aromatic amines is 1. The first-order chi connectivity index (χ1) is 12.5. The molecule has 0 spiro atoms. The first-order valence-electron chi connectivity index (χ1n) is 8.66. The molecule has 1 amide bonds. The van der Waals surface area contributed by atoms with Crippen molar-refractivity contribution in [3.8, 4) is 6.07 Å². The minimum absolute atomic E-state index is 0.0323. The summed E-state index contributed by atoms with van der Waals surface area (Å²) in [6, 6.07) is 5.70. The predicted octanol–water partition coefficient (Wildman–Crippen LogP) is 3.44. The molecule has 0 aliphatic heterocycles. The van der Waals surface area contributed by atoms with Crippen LogP contribution in [0.5, 0.6) is 0 Å². The molecule has 136 valence electrons. The molecule has 0 saturated heterocycles. The van der Waals surface area contributed by atoms with Crippen molar-refractivity contribution >= 4 is 17.6 Å². The van der Waals surface area contributed by atoms with Gasteiger partial charge >= 0.3 is 6.09 Å². The number of nitrogens with one attached hydrogen (secondary N) is 2. The van der Waals surface area contributed by atoms with E-state index in [1.807, 2.05) is 19.9 Å². The second-order valence-corrected chi connectivity index (χ2v) is 6.86. The van der Waals surface area contributed by atoms with Crippen LogP contribution < -0.4 is 5.32 Å². The van der Waals surface area contributed by atoms with Crippen molar-refractivity contribution in [1.29, 1.82) is 5.26 Å². The van der Waals surface area contributed by atoms with Gasteiger partial charge < -0.3 is 15.3 Å². The van der Waals surface area contributed by atoms with Crippen molar-refractivity contribution in [3.05, 3.63) is 35.8 Å². The standard InChI is InChI=1S/C18H22N6O2/c1-11(2)24(18(25)26)15-4-3-13(6-15)16-7-17(23-22-16)21-14-5-12(8-19)9-20-10-14/h5,7,9-11,13,15H,3-4,6H2,1-2H3,(H,25,26)(H2,21,22,23)/t13-,15+/m0/s1. The Morgan fingerprint density at radius 2 is 2.23 bits per heavy atom. The number of anilines is 2. The van der Waals surface area contributed by atoms with Crippen LogP contribution in [0.2, 0.25) is 0 Å². The number of nitriles is 1. The van der Waals surface area contributed by atoms with E-state index in [-0.39, 0.29) is 18.0 Å². The van der Waals surface area contributed by atoms with Gasteiger partial charge in [-0.25, -0.2) is 4.79 Å². The minimum Gasteiger partial charge on any atom is -0.465 e. The normalized spacial score (nSPS) is 19.3. The van der Waals surface area contributed by atoms with Crippen molar-refractivity contribution in [2.45, 2.75) is 51.1 Å². The maximum absolute atomic E-state index is 11.5. The largest absolute Gasteiger partial charge is 0.465 e. The number of aromatic nitrogens is 3. The van der Waals surface area contributed by atoms with Gasteiger partial charge in [0.1, 0.15) is 6.07 Å². The molecule has 3 N–H and O–H groups in total. The molecule has 0 unspecified atom stereocenters. The van der Waals surface area contributed by atoms with E-state index in [0.717, 1.165) is 25.0 Å². The average Bonchev–Trinajstić information content (AvgIpc) is 3.24. The van der Waals surface area contributed by atoms with Crippen molar-refractivity contribution in [1.82, 2.24) is 20.1 Å². The molecule has 2 aromatic rings. The molecule has 1 fully saturated rings. The summed E-state index contributed by atoms with van der Waals surface area (Å²) in [6.45, 7) is 3.81. The number of pyridine rings is 1. The average molecular weight is 354 g/mol. The Bertz CT molecular complexity index is 825. The number of H-pyrrole nitrogens is 1. The molecule has 0 bridgehead atoms. The van der Waals surface area contributed by atoms with Gasteiger partial charge in [0.25, 0.3) is 0 Å². The Balaban J connectivity index is 1.67. The second-order valence-electron chi connectivity index (χ2n) is 6.86. The van der Waals surface area contributed by atoms with E-state index in [4.69, 9.17) is 5.26 Å². The SMILES string of the molecule is CC(C)N(C(=O)O)[C@@H]1CC[C@H](c2cc(Nc3cncc(C#N)c3)n[nH]2)C1. The maximum Gasteiger partial charge on any atom is 0.407 e. The van der Waals surface area contributed by atoms with E-state index in [1.165, 1.54) is 6.20 Å². The fourth-order valence-electron chi connectivity index (χ4n) is 3.62. The molecule has 0 radical (unpaired) electrons. The second kappa shape index (κ2) is 7.44. The zero-order chi connectivity index (χ0) is 18.7.